The Morgan fingerprint density at radius 1 is 1.19 bits per heavy atom. The molecule has 0 bridgehead atoms. The van der Waals surface area contributed by atoms with Crippen molar-refractivity contribution in [3.05, 3.63) is 33.8 Å². The van der Waals surface area contributed by atoms with Gasteiger partial charge in [0.05, 0.1) is 0 Å². The SMILES string of the molecule is CC(C)NC(=O)CCNC(=O)C(O)c1cc(Cl)cc(Cl)c1. The van der Waals surface area contributed by atoms with Crippen molar-refractivity contribution >= 4 is 35.0 Å². The molecule has 1 aromatic carbocycles. The number of carbonyl (C=O) groups excluding carboxylic acids is 2. The summed E-state index contributed by atoms with van der Waals surface area (Å²) in [6.07, 6.45) is -1.23. The van der Waals surface area contributed by atoms with Crippen LogP contribution in [0.15, 0.2) is 18.2 Å². The third-order valence-electron chi connectivity index (χ3n) is 2.55. The van der Waals surface area contributed by atoms with E-state index in [1.54, 1.807) is 0 Å². The minimum absolute atomic E-state index is 0.0485. The molecule has 0 saturated heterocycles. The Hall–Kier alpha value is -1.30. The number of aliphatic hydroxyl groups is 1. The Morgan fingerprint density at radius 2 is 1.76 bits per heavy atom. The van der Waals surface area contributed by atoms with Gasteiger partial charge in [-0.15, -0.1) is 0 Å². The van der Waals surface area contributed by atoms with Gasteiger partial charge >= 0.3 is 0 Å². The van der Waals surface area contributed by atoms with Gasteiger partial charge in [-0.25, -0.2) is 0 Å². The summed E-state index contributed by atoms with van der Waals surface area (Å²) in [4.78, 5) is 23.2. The number of aliphatic hydroxyl groups excluding tert-OH is 1. The van der Waals surface area contributed by atoms with Gasteiger partial charge in [0.15, 0.2) is 6.10 Å². The first-order valence-corrected chi connectivity index (χ1v) is 7.26. The highest BCUT2D eigenvalue weighted by atomic mass is 35.5. The predicted molar refractivity (Wildman–Crippen MR) is 82.3 cm³/mol. The molecule has 116 valence electrons. The highest BCUT2D eigenvalue weighted by molar-refractivity contribution is 6.34. The van der Waals surface area contributed by atoms with Gasteiger partial charge in [0.25, 0.3) is 5.91 Å². The Kier molecular flexibility index (Phi) is 6.95. The largest absolute Gasteiger partial charge is 0.378 e. The highest BCUT2D eigenvalue weighted by Crippen LogP contribution is 2.23. The van der Waals surface area contributed by atoms with Crippen molar-refractivity contribution in [2.75, 3.05) is 6.54 Å². The quantitative estimate of drug-likeness (QED) is 0.746. The number of halogens is 2. The van der Waals surface area contributed by atoms with Crippen LogP contribution >= 0.6 is 23.2 Å². The van der Waals surface area contributed by atoms with Crippen molar-refractivity contribution in [2.24, 2.45) is 0 Å². The average Bonchev–Trinajstić information content (AvgIpc) is 2.35. The lowest BCUT2D eigenvalue weighted by atomic mass is 10.1. The Labute approximate surface area is 133 Å². The van der Waals surface area contributed by atoms with E-state index in [0.29, 0.717) is 15.6 Å². The molecule has 3 N–H and O–H groups in total. The molecule has 1 rings (SSSR count). The van der Waals surface area contributed by atoms with Crippen molar-refractivity contribution in [1.29, 1.82) is 0 Å². The van der Waals surface area contributed by atoms with Crippen molar-refractivity contribution in [2.45, 2.75) is 32.4 Å². The molecule has 0 radical (unpaired) electrons. The molecule has 0 aromatic heterocycles. The maximum absolute atomic E-state index is 11.8. The molecule has 1 atom stereocenters. The van der Waals surface area contributed by atoms with Gasteiger partial charge in [-0.2, -0.15) is 0 Å². The molecular weight excluding hydrogens is 315 g/mol. The number of rotatable bonds is 6. The monoisotopic (exact) mass is 332 g/mol. The summed E-state index contributed by atoms with van der Waals surface area (Å²) in [5, 5.41) is 15.8. The fourth-order valence-electron chi connectivity index (χ4n) is 1.67. The van der Waals surface area contributed by atoms with Crippen molar-refractivity contribution in [1.82, 2.24) is 10.6 Å². The lowest BCUT2D eigenvalue weighted by Crippen LogP contribution is -2.35. The molecule has 0 aliphatic rings. The summed E-state index contributed by atoms with van der Waals surface area (Å²) in [7, 11) is 0. The van der Waals surface area contributed by atoms with Crippen molar-refractivity contribution in [3.63, 3.8) is 0 Å². The third kappa shape index (κ3) is 6.33. The zero-order chi connectivity index (χ0) is 16.0. The fraction of sp³-hybridized carbons (Fsp3) is 0.429. The first-order valence-electron chi connectivity index (χ1n) is 6.50. The van der Waals surface area contributed by atoms with Crippen molar-refractivity contribution in [3.8, 4) is 0 Å². The van der Waals surface area contributed by atoms with Crippen LogP contribution in [-0.4, -0.2) is 29.5 Å². The molecule has 5 nitrogen and oxygen atoms in total. The van der Waals surface area contributed by atoms with Gasteiger partial charge in [-0.1, -0.05) is 23.2 Å². The zero-order valence-corrected chi connectivity index (χ0v) is 13.3. The van der Waals surface area contributed by atoms with Crippen LogP contribution in [0.4, 0.5) is 0 Å². The molecule has 7 heteroatoms. The molecule has 2 amide bonds. The topological polar surface area (TPSA) is 78.4 Å². The van der Waals surface area contributed by atoms with Crippen LogP contribution in [0.25, 0.3) is 0 Å². The number of hydrogen-bond acceptors (Lipinski definition) is 3. The van der Waals surface area contributed by atoms with E-state index >= 15 is 0 Å². The molecule has 0 fully saturated rings. The van der Waals surface area contributed by atoms with Crippen LogP contribution < -0.4 is 10.6 Å². The summed E-state index contributed by atoms with van der Waals surface area (Å²) >= 11 is 11.6. The summed E-state index contributed by atoms with van der Waals surface area (Å²) < 4.78 is 0. The second-order valence-electron chi connectivity index (χ2n) is 4.87. The minimum atomic E-state index is -1.38. The number of nitrogens with one attached hydrogen (secondary N) is 2. The smallest absolute Gasteiger partial charge is 0.253 e. The van der Waals surface area contributed by atoms with Crippen molar-refractivity contribution < 1.29 is 14.7 Å². The molecule has 1 unspecified atom stereocenters. The first kappa shape index (κ1) is 17.8. The van der Waals surface area contributed by atoms with Crippen LogP contribution in [0.1, 0.15) is 31.9 Å². The fourth-order valence-corrected chi connectivity index (χ4v) is 2.22. The van der Waals surface area contributed by atoms with Crippen LogP contribution in [0.3, 0.4) is 0 Å². The second-order valence-corrected chi connectivity index (χ2v) is 5.74. The molecule has 0 spiro atoms. The maximum Gasteiger partial charge on any atom is 0.253 e. The second kappa shape index (κ2) is 8.22. The van der Waals surface area contributed by atoms with E-state index < -0.39 is 12.0 Å². The molecule has 0 aliphatic heterocycles. The maximum atomic E-state index is 11.8. The molecule has 0 heterocycles. The van der Waals surface area contributed by atoms with E-state index in [-0.39, 0.29) is 24.9 Å². The predicted octanol–water partition coefficient (Wildman–Crippen LogP) is 2.06. The van der Waals surface area contributed by atoms with E-state index in [4.69, 9.17) is 23.2 Å². The number of hydrogen-bond donors (Lipinski definition) is 3. The Bertz CT molecular complexity index is 501. The molecule has 0 aliphatic carbocycles. The first-order chi connectivity index (χ1) is 9.79. The normalized spacial score (nSPS) is 12.1. The van der Waals surface area contributed by atoms with E-state index in [1.807, 2.05) is 13.8 Å². The van der Waals surface area contributed by atoms with Crippen LogP contribution in [0, 0.1) is 0 Å². The number of amides is 2. The Morgan fingerprint density at radius 3 is 2.29 bits per heavy atom. The van der Waals surface area contributed by atoms with E-state index in [0.717, 1.165) is 0 Å². The van der Waals surface area contributed by atoms with Gasteiger partial charge in [-0.3, -0.25) is 9.59 Å². The minimum Gasteiger partial charge on any atom is -0.378 e. The number of benzene rings is 1. The lowest BCUT2D eigenvalue weighted by molar-refractivity contribution is -0.129. The van der Waals surface area contributed by atoms with Gasteiger partial charge < -0.3 is 15.7 Å². The Balaban J connectivity index is 2.50. The highest BCUT2D eigenvalue weighted by Gasteiger charge is 2.18. The third-order valence-corrected chi connectivity index (χ3v) is 2.99. The van der Waals surface area contributed by atoms with Crippen LogP contribution in [-0.2, 0) is 9.59 Å². The van der Waals surface area contributed by atoms with E-state index in [1.165, 1.54) is 18.2 Å². The molecular formula is C14H18Cl2N2O3. The van der Waals surface area contributed by atoms with Gasteiger partial charge in [0.2, 0.25) is 5.91 Å². The average molecular weight is 333 g/mol. The lowest BCUT2D eigenvalue weighted by Gasteiger charge is -2.13. The molecule has 0 saturated carbocycles. The molecule has 1 aromatic rings. The molecule has 21 heavy (non-hydrogen) atoms. The summed E-state index contributed by atoms with van der Waals surface area (Å²) in [5.41, 5.74) is 0.302. The van der Waals surface area contributed by atoms with E-state index in [2.05, 4.69) is 10.6 Å². The summed E-state index contributed by atoms with van der Waals surface area (Å²) in [5.74, 6) is -0.767. The van der Waals surface area contributed by atoms with Gasteiger partial charge in [0, 0.05) is 29.1 Å². The van der Waals surface area contributed by atoms with Gasteiger partial charge in [-0.05, 0) is 37.6 Å². The number of carbonyl (C=O) groups is 2. The summed E-state index contributed by atoms with van der Waals surface area (Å²) in [6, 6.07) is 4.48. The standard InChI is InChI=1S/C14H18Cl2N2O3/c1-8(2)18-12(19)3-4-17-14(21)13(20)9-5-10(15)7-11(16)6-9/h5-8,13,20H,3-4H2,1-2H3,(H,17,21)(H,18,19). The van der Waals surface area contributed by atoms with Crippen LogP contribution in [0.5, 0.6) is 0 Å². The zero-order valence-electron chi connectivity index (χ0n) is 11.8. The van der Waals surface area contributed by atoms with Gasteiger partial charge in [0.1, 0.15) is 0 Å². The van der Waals surface area contributed by atoms with E-state index in [9.17, 15) is 14.7 Å². The van der Waals surface area contributed by atoms with Crippen LogP contribution in [0.2, 0.25) is 10.0 Å². The summed E-state index contributed by atoms with van der Waals surface area (Å²) in [6.45, 7) is 3.84.